The first-order valence-corrected chi connectivity index (χ1v) is 10.7. The highest BCUT2D eigenvalue weighted by Crippen LogP contribution is 2.26. The van der Waals surface area contributed by atoms with Crippen LogP contribution in [0.3, 0.4) is 0 Å². The topological polar surface area (TPSA) is 70.7 Å². The molecule has 4 rings (SSSR count). The van der Waals surface area contributed by atoms with Gasteiger partial charge in [0.1, 0.15) is 11.6 Å². The number of aryl methyl sites for hydroxylation is 1. The van der Waals surface area contributed by atoms with Gasteiger partial charge in [0.2, 0.25) is 0 Å². The fourth-order valence-electron chi connectivity index (χ4n) is 3.54. The number of carbonyl (C=O) groups is 1. The van der Waals surface area contributed by atoms with Gasteiger partial charge in [-0.05, 0) is 37.6 Å². The van der Waals surface area contributed by atoms with Crippen LogP contribution in [0.2, 0.25) is 0 Å². The van der Waals surface area contributed by atoms with Crippen molar-refractivity contribution in [1.29, 1.82) is 5.26 Å². The molecule has 0 saturated heterocycles. The Morgan fingerprint density at radius 3 is 2.27 bits per heavy atom. The van der Waals surface area contributed by atoms with E-state index in [9.17, 15) is 10.1 Å². The molecule has 5 nitrogen and oxygen atoms in total. The van der Waals surface area contributed by atoms with Gasteiger partial charge in [-0.3, -0.25) is 4.79 Å². The lowest BCUT2D eigenvalue weighted by atomic mass is 10.0. The monoisotopic (exact) mass is 432 g/mol. The molecule has 0 unspecified atom stereocenters. The summed E-state index contributed by atoms with van der Waals surface area (Å²) in [7, 11) is 0. The van der Waals surface area contributed by atoms with E-state index in [0.717, 1.165) is 22.4 Å². The van der Waals surface area contributed by atoms with Crippen LogP contribution in [-0.4, -0.2) is 15.7 Å². The first kappa shape index (κ1) is 21.8. The summed E-state index contributed by atoms with van der Waals surface area (Å²) in [6.45, 7) is 3.92. The second-order valence-corrected chi connectivity index (χ2v) is 7.85. The first-order valence-electron chi connectivity index (χ1n) is 10.7. The highest BCUT2D eigenvalue weighted by molar-refractivity contribution is 6.02. The smallest absolute Gasteiger partial charge is 0.262 e. The second kappa shape index (κ2) is 9.80. The molecule has 33 heavy (non-hydrogen) atoms. The van der Waals surface area contributed by atoms with E-state index in [1.54, 1.807) is 10.8 Å². The molecule has 3 aromatic carbocycles. The lowest BCUT2D eigenvalue weighted by Crippen LogP contribution is -2.27. The van der Waals surface area contributed by atoms with Gasteiger partial charge in [0.25, 0.3) is 5.91 Å². The Bertz CT molecular complexity index is 1310. The molecule has 1 N–H and O–H groups in total. The minimum absolute atomic E-state index is 0.0266. The van der Waals surface area contributed by atoms with E-state index < -0.39 is 5.91 Å². The molecular formula is C28H24N4O. The molecule has 0 aliphatic carbocycles. The maximum atomic E-state index is 12.9. The maximum Gasteiger partial charge on any atom is 0.262 e. The number of carbonyl (C=O) groups excluding carboxylic acids is 1. The molecule has 1 heterocycles. The SMILES string of the molecule is Cc1ccc([C@H](C)NC(=O)/C(C#N)=C/c2cn(-c3ccccc3)nc2-c2ccccc2)cc1. The predicted octanol–water partition coefficient (Wildman–Crippen LogP) is 5.63. The van der Waals surface area contributed by atoms with E-state index in [1.165, 1.54) is 0 Å². The summed E-state index contributed by atoms with van der Waals surface area (Å²) < 4.78 is 1.76. The largest absolute Gasteiger partial charge is 0.345 e. The van der Waals surface area contributed by atoms with Gasteiger partial charge in [-0.15, -0.1) is 0 Å². The van der Waals surface area contributed by atoms with E-state index in [4.69, 9.17) is 5.10 Å². The van der Waals surface area contributed by atoms with Gasteiger partial charge in [0.05, 0.1) is 17.4 Å². The molecule has 0 bridgehead atoms. The van der Waals surface area contributed by atoms with Gasteiger partial charge in [0, 0.05) is 17.3 Å². The van der Waals surface area contributed by atoms with Crippen molar-refractivity contribution in [1.82, 2.24) is 15.1 Å². The zero-order valence-electron chi connectivity index (χ0n) is 18.6. The van der Waals surface area contributed by atoms with Crippen LogP contribution in [0.25, 0.3) is 23.0 Å². The Kier molecular flexibility index (Phi) is 6.47. The standard InChI is InChI=1S/C28H24N4O/c1-20-13-15-22(16-14-20)21(2)30-28(33)24(18-29)17-25-19-32(26-11-7-4-8-12-26)31-27(25)23-9-5-3-6-10-23/h3-17,19,21H,1-2H3,(H,30,33)/b24-17+/t21-/m0/s1. The lowest BCUT2D eigenvalue weighted by molar-refractivity contribution is -0.117. The minimum Gasteiger partial charge on any atom is -0.345 e. The number of para-hydroxylation sites is 1. The molecule has 162 valence electrons. The van der Waals surface area contributed by atoms with Crippen molar-refractivity contribution in [2.75, 3.05) is 0 Å². The molecule has 4 aromatic rings. The number of nitrogens with zero attached hydrogens (tertiary/aromatic N) is 3. The number of nitrogens with one attached hydrogen (secondary N) is 1. The summed E-state index contributed by atoms with van der Waals surface area (Å²) in [5.41, 5.74) is 5.35. The van der Waals surface area contributed by atoms with Gasteiger partial charge in [-0.25, -0.2) is 4.68 Å². The van der Waals surface area contributed by atoms with Crippen molar-refractivity contribution in [3.8, 4) is 23.0 Å². The van der Waals surface area contributed by atoms with Gasteiger partial charge < -0.3 is 5.32 Å². The molecule has 0 aliphatic heterocycles. The molecule has 0 fully saturated rings. The summed E-state index contributed by atoms with van der Waals surface area (Å²) in [4.78, 5) is 12.9. The van der Waals surface area contributed by atoms with Crippen LogP contribution in [0, 0.1) is 18.3 Å². The zero-order chi connectivity index (χ0) is 23.2. The van der Waals surface area contributed by atoms with Crippen LogP contribution >= 0.6 is 0 Å². The number of hydrogen-bond donors (Lipinski definition) is 1. The van der Waals surface area contributed by atoms with Crippen LogP contribution in [0.1, 0.15) is 29.7 Å². The van der Waals surface area contributed by atoms with Crippen molar-refractivity contribution in [3.63, 3.8) is 0 Å². The van der Waals surface area contributed by atoms with Crippen LogP contribution in [0.4, 0.5) is 0 Å². The molecular weight excluding hydrogens is 408 g/mol. The normalized spacial score (nSPS) is 12.1. The Morgan fingerprint density at radius 1 is 1.00 bits per heavy atom. The molecule has 0 radical (unpaired) electrons. The third kappa shape index (κ3) is 5.08. The van der Waals surface area contributed by atoms with Crippen molar-refractivity contribution in [3.05, 3.63) is 113 Å². The van der Waals surface area contributed by atoms with Crippen molar-refractivity contribution >= 4 is 12.0 Å². The van der Waals surface area contributed by atoms with Gasteiger partial charge >= 0.3 is 0 Å². The van der Waals surface area contributed by atoms with E-state index >= 15 is 0 Å². The molecule has 0 aliphatic rings. The number of aromatic nitrogens is 2. The Hall–Kier alpha value is -4.43. The summed E-state index contributed by atoms with van der Waals surface area (Å²) in [5, 5.41) is 17.4. The van der Waals surface area contributed by atoms with Crippen LogP contribution < -0.4 is 5.32 Å². The van der Waals surface area contributed by atoms with E-state index in [-0.39, 0.29) is 11.6 Å². The van der Waals surface area contributed by atoms with E-state index in [2.05, 4.69) is 11.4 Å². The number of rotatable bonds is 6. The molecule has 5 heteroatoms. The molecule has 0 spiro atoms. The number of hydrogen-bond acceptors (Lipinski definition) is 3. The Labute approximate surface area is 193 Å². The number of benzene rings is 3. The fourth-order valence-corrected chi connectivity index (χ4v) is 3.54. The fraction of sp³-hybridized carbons (Fsp3) is 0.107. The second-order valence-electron chi connectivity index (χ2n) is 7.85. The van der Waals surface area contributed by atoms with E-state index in [0.29, 0.717) is 11.3 Å². The Balaban J connectivity index is 1.68. The molecule has 1 atom stereocenters. The van der Waals surface area contributed by atoms with Gasteiger partial charge in [0.15, 0.2) is 0 Å². The summed E-state index contributed by atoms with van der Waals surface area (Å²) in [6.07, 6.45) is 3.44. The zero-order valence-corrected chi connectivity index (χ0v) is 18.6. The van der Waals surface area contributed by atoms with E-state index in [1.807, 2.05) is 105 Å². The average molecular weight is 433 g/mol. The third-order valence-corrected chi connectivity index (χ3v) is 5.40. The Morgan fingerprint density at radius 2 is 1.64 bits per heavy atom. The van der Waals surface area contributed by atoms with Crippen molar-refractivity contribution in [2.24, 2.45) is 0 Å². The van der Waals surface area contributed by atoms with Crippen LogP contribution in [0.15, 0.2) is 96.7 Å². The van der Waals surface area contributed by atoms with Crippen molar-refractivity contribution in [2.45, 2.75) is 19.9 Å². The highest BCUT2D eigenvalue weighted by atomic mass is 16.1. The lowest BCUT2D eigenvalue weighted by Gasteiger charge is -2.14. The quantitative estimate of drug-likeness (QED) is 0.317. The highest BCUT2D eigenvalue weighted by Gasteiger charge is 2.17. The van der Waals surface area contributed by atoms with Crippen LogP contribution in [0.5, 0.6) is 0 Å². The predicted molar refractivity (Wildman–Crippen MR) is 130 cm³/mol. The molecule has 1 aromatic heterocycles. The third-order valence-electron chi connectivity index (χ3n) is 5.40. The summed E-state index contributed by atoms with van der Waals surface area (Å²) in [6, 6.07) is 29.3. The average Bonchev–Trinajstić information content (AvgIpc) is 3.28. The maximum absolute atomic E-state index is 12.9. The number of nitriles is 1. The molecule has 1 amide bonds. The number of amides is 1. The molecule has 0 saturated carbocycles. The summed E-state index contributed by atoms with van der Waals surface area (Å²) >= 11 is 0. The summed E-state index contributed by atoms with van der Waals surface area (Å²) in [5.74, 6) is -0.419. The van der Waals surface area contributed by atoms with Gasteiger partial charge in [-0.2, -0.15) is 10.4 Å². The van der Waals surface area contributed by atoms with Gasteiger partial charge in [-0.1, -0.05) is 78.4 Å². The minimum atomic E-state index is -0.419. The van der Waals surface area contributed by atoms with Crippen molar-refractivity contribution < 1.29 is 4.79 Å². The first-order chi connectivity index (χ1) is 16.0. The van der Waals surface area contributed by atoms with Crippen LogP contribution in [-0.2, 0) is 4.79 Å².